The number of aromatic amines is 1. The summed E-state index contributed by atoms with van der Waals surface area (Å²) >= 11 is 0. The molecule has 2 aromatic rings. The predicted molar refractivity (Wildman–Crippen MR) is 77.0 cm³/mol. The highest BCUT2D eigenvalue weighted by Crippen LogP contribution is 2.21. The van der Waals surface area contributed by atoms with E-state index in [0.717, 1.165) is 31.0 Å². The van der Waals surface area contributed by atoms with Crippen molar-refractivity contribution in [3.8, 4) is 5.75 Å². The van der Waals surface area contributed by atoms with E-state index < -0.39 is 0 Å². The molecule has 0 saturated heterocycles. The number of aromatic nitrogens is 1. The minimum absolute atomic E-state index is 0.765. The molecule has 1 aromatic heterocycles. The van der Waals surface area contributed by atoms with Crippen LogP contribution in [0.5, 0.6) is 5.75 Å². The minimum Gasteiger partial charge on any atom is -0.497 e. The summed E-state index contributed by atoms with van der Waals surface area (Å²) < 4.78 is 5.16. The maximum Gasteiger partial charge on any atom is 0.118 e. The lowest BCUT2D eigenvalue weighted by Gasteiger charge is -2.05. The summed E-state index contributed by atoms with van der Waals surface area (Å²) in [7, 11) is 1.69. The Bertz CT molecular complexity index is 558. The summed E-state index contributed by atoms with van der Waals surface area (Å²) in [5, 5.41) is 3.13. The summed E-state index contributed by atoms with van der Waals surface area (Å²) in [6, 6.07) is 10.4. The quantitative estimate of drug-likeness (QED) is 0.882. The lowest BCUT2D eigenvalue weighted by Crippen LogP contribution is -2.03. The van der Waals surface area contributed by atoms with Gasteiger partial charge < -0.3 is 15.0 Å². The zero-order valence-electron chi connectivity index (χ0n) is 10.9. The Morgan fingerprint density at radius 1 is 1.21 bits per heavy atom. The highest BCUT2D eigenvalue weighted by Gasteiger charge is 2.09. The average molecular weight is 255 g/mol. The second-order valence-corrected chi connectivity index (χ2v) is 4.66. The van der Waals surface area contributed by atoms with Crippen LogP contribution in [0.3, 0.4) is 0 Å². The van der Waals surface area contributed by atoms with E-state index >= 15 is 0 Å². The highest BCUT2D eigenvalue weighted by atomic mass is 16.5. The third-order valence-electron chi connectivity index (χ3n) is 3.36. The second-order valence-electron chi connectivity index (χ2n) is 4.66. The van der Waals surface area contributed by atoms with Crippen molar-refractivity contribution in [2.75, 3.05) is 12.4 Å². The molecule has 2 heterocycles. The lowest BCUT2D eigenvalue weighted by atomic mass is 10.1. The van der Waals surface area contributed by atoms with Crippen molar-refractivity contribution in [1.82, 2.24) is 4.98 Å². The molecule has 1 aliphatic rings. The van der Waals surface area contributed by atoms with Crippen molar-refractivity contribution < 1.29 is 4.74 Å². The molecule has 0 spiro atoms. The number of aliphatic imine (C=N–C) groups is 1. The molecule has 1 aromatic carbocycles. The summed E-state index contributed by atoms with van der Waals surface area (Å²) in [5.41, 5.74) is 3.81. The largest absolute Gasteiger partial charge is 0.497 e. The molecule has 0 amide bonds. The number of benzene rings is 1. The van der Waals surface area contributed by atoms with Gasteiger partial charge in [-0.1, -0.05) is 12.1 Å². The molecule has 0 atom stereocenters. The monoisotopic (exact) mass is 255 g/mol. The molecule has 0 fully saturated rings. The molecule has 1 aliphatic heterocycles. The van der Waals surface area contributed by atoms with Crippen LogP contribution in [0.15, 0.2) is 35.3 Å². The number of nitrogens with zero attached hydrogens (tertiary/aromatic N) is 1. The van der Waals surface area contributed by atoms with Gasteiger partial charge in [0.2, 0.25) is 0 Å². The van der Waals surface area contributed by atoms with E-state index in [-0.39, 0.29) is 0 Å². The van der Waals surface area contributed by atoms with Crippen LogP contribution in [0.2, 0.25) is 0 Å². The van der Waals surface area contributed by atoms with Crippen LogP contribution >= 0.6 is 0 Å². The van der Waals surface area contributed by atoms with E-state index in [2.05, 4.69) is 33.5 Å². The van der Waals surface area contributed by atoms with Crippen molar-refractivity contribution in [2.24, 2.45) is 4.99 Å². The molecule has 19 heavy (non-hydrogen) atoms. The van der Waals surface area contributed by atoms with Crippen molar-refractivity contribution in [1.29, 1.82) is 0 Å². The van der Waals surface area contributed by atoms with Crippen molar-refractivity contribution in [2.45, 2.75) is 19.4 Å². The normalized spacial score (nSPS) is 12.9. The van der Waals surface area contributed by atoms with Crippen LogP contribution in [-0.2, 0) is 19.4 Å². The molecular weight excluding hydrogens is 238 g/mol. The third-order valence-corrected chi connectivity index (χ3v) is 3.36. The van der Waals surface area contributed by atoms with Crippen LogP contribution < -0.4 is 10.1 Å². The fraction of sp³-hybridized carbons (Fsp3) is 0.267. The number of anilines is 1. The number of fused-ring (bicyclic) bond motifs is 1. The molecule has 2 N–H and O–H groups in total. The van der Waals surface area contributed by atoms with Crippen LogP contribution in [0.25, 0.3) is 0 Å². The summed E-state index contributed by atoms with van der Waals surface area (Å²) in [6.45, 7) is 0.765. The third kappa shape index (κ3) is 2.62. The van der Waals surface area contributed by atoms with Crippen molar-refractivity contribution in [3.63, 3.8) is 0 Å². The Balaban J connectivity index is 1.63. The fourth-order valence-corrected chi connectivity index (χ4v) is 2.27. The predicted octanol–water partition coefficient (Wildman–Crippen LogP) is 2.76. The Labute approximate surface area is 112 Å². The second kappa shape index (κ2) is 5.18. The van der Waals surface area contributed by atoms with Gasteiger partial charge in [0, 0.05) is 11.3 Å². The van der Waals surface area contributed by atoms with Gasteiger partial charge in [0.05, 0.1) is 20.0 Å². The number of rotatable bonds is 4. The smallest absolute Gasteiger partial charge is 0.118 e. The van der Waals surface area contributed by atoms with E-state index in [4.69, 9.17) is 4.74 Å². The van der Waals surface area contributed by atoms with E-state index in [0.29, 0.717) is 0 Å². The molecule has 0 unspecified atom stereocenters. The lowest BCUT2D eigenvalue weighted by molar-refractivity contribution is 0.414. The maximum atomic E-state index is 5.16. The zero-order chi connectivity index (χ0) is 13.1. The Morgan fingerprint density at radius 3 is 2.79 bits per heavy atom. The highest BCUT2D eigenvalue weighted by molar-refractivity contribution is 5.77. The molecule has 0 radical (unpaired) electrons. The maximum absolute atomic E-state index is 5.16. The Kier molecular flexibility index (Phi) is 3.23. The van der Waals surface area contributed by atoms with Gasteiger partial charge in [0.25, 0.3) is 0 Å². The standard InChI is InChI=1S/C15H17N3O/c1-19-14-6-3-11(4-7-14)2-5-13-8-12-9-16-10-17-15(12)18-13/h3-4,6-8,10,18H,2,5,9H2,1H3,(H,16,17). The van der Waals surface area contributed by atoms with Gasteiger partial charge in [-0.25, -0.2) is 0 Å². The van der Waals surface area contributed by atoms with E-state index in [1.165, 1.54) is 16.8 Å². The van der Waals surface area contributed by atoms with Gasteiger partial charge >= 0.3 is 0 Å². The van der Waals surface area contributed by atoms with E-state index in [1.54, 1.807) is 13.4 Å². The van der Waals surface area contributed by atoms with Crippen molar-refractivity contribution >= 4 is 12.2 Å². The number of ether oxygens (including phenoxy) is 1. The summed E-state index contributed by atoms with van der Waals surface area (Å²) in [5.74, 6) is 1.99. The average Bonchev–Trinajstić information content (AvgIpc) is 2.88. The van der Waals surface area contributed by atoms with Gasteiger partial charge in [-0.15, -0.1) is 0 Å². The van der Waals surface area contributed by atoms with Gasteiger partial charge in [0.1, 0.15) is 11.6 Å². The van der Waals surface area contributed by atoms with Crippen LogP contribution in [0.1, 0.15) is 16.8 Å². The number of H-pyrrole nitrogens is 1. The molecule has 4 nitrogen and oxygen atoms in total. The van der Waals surface area contributed by atoms with Crippen molar-refractivity contribution in [3.05, 3.63) is 47.2 Å². The molecule has 0 aliphatic carbocycles. The molecular formula is C15H17N3O. The first kappa shape index (κ1) is 11.8. The van der Waals surface area contributed by atoms with Crippen LogP contribution in [0, 0.1) is 0 Å². The molecule has 98 valence electrons. The van der Waals surface area contributed by atoms with E-state index in [1.807, 2.05) is 12.1 Å². The van der Waals surface area contributed by atoms with Gasteiger partial charge in [-0.2, -0.15) is 0 Å². The Hall–Kier alpha value is -2.23. The molecule has 0 bridgehead atoms. The first-order chi connectivity index (χ1) is 9.35. The number of nitrogens with one attached hydrogen (secondary N) is 2. The number of aryl methyl sites for hydroxylation is 2. The SMILES string of the molecule is COc1ccc(CCc2cc3c([nH]2)NC=NC3)cc1. The first-order valence-electron chi connectivity index (χ1n) is 6.43. The molecule has 3 rings (SSSR count). The van der Waals surface area contributed by atoms with Gasteiger partial charge in [-0.3, -0.25) is 4.99 Å². The number of hydrogen-bond donors (Lipinski definition) is 2. The topological polar surface area (TPSA) is 49.4 Å². The minimum atomic E-state index is 0.765. The zero-order valence-corrected chi connectivity index (χ0v) is 10.9. The van der Waals surface area contributed by atoms with Crippen LogP contribution in [-0.4, -0.2) is 18.4 Å². The number of hydrogen-bond acceptors (Lipinski definition) is 3. The summed E-state index contributed by atoms with van der Waals surface area (Å²) in [6.07, 6.45) is 3.76. The van der Waals surface area contributed by atoms with Crippen LogP contribution in [0.4, 0.5) is 5.82 Å². The van der Waals surface area contributed by atoms with E-state index in [9.17, 15) is 0 Å². The Morgan fingerprint density at radius 2 is 2.05 bits per heavy atom. The molecule has 0 saturated carbocycles. The molecule has 4 heteroatoms. The van der Waals surface area contributed by atoms with Gasteiger partial charge in [-0.05, 0) is 36.6 Å². The van der Waals surface area contributed by atoms with Gasteiger partial charge in [0.15, 0.2) is 0 Å². The summed E-state index contributed by atoms with van der Waals surface area (Å²) in [4.78, 5) is 7.60. The number of methoxy groups -OCH3 is 1. The fourth-order valence-electron chi connectivity index (χ4n) is 2.27. The first-order valence-corrected chi connectivity index (χ1v) is 6.43.